The van der Waals surface area contributed by atoms with E-state index in [1.54, 1.807) is 0 Å². The summed E-state index contributed by atoms with van der Waals surface area (Å²) in [4.78, 5) is 0. The third-order valence-corrected chi connectivity index (χ3v) is 5.75. The lowest BCUT2D eigenvalue weighted by Crippen LogP contribution is -2.15. The van der Waals surface area contributed by atoms with Crippen LogP contribution in [0.2, 0.25) is 0 Å². The molecule has 0 bridgehead atoms. The molecule has 6 nitrogen and oxygen atoms in total. The maximum Gasteiger partial charge on any atom is 0.161 e. The van der Waals surface area contributed by atoms with Gasteiger partial charge in [-0.25, -0.2) is 0 Å². The largest absolute Gasteiger partial charge is 0.487 e. The molecule has 0 radical (unpaired) electrons. The van der Waals surface area contributed by atoms with E-state index >= 15 is 0 Å². The summed E-state index contributed by atoms with van der Waals surface area (Å²) in [6.07, 6.45) is 0. The molecule has 0 aromatic heterocycles. The van der Waals surface area contributed by atoms with Crippen molar-refractivity contribution in [1.29, 1.82) is 0 Å². The Labute approximate surface area is 227 Å². The van der Waals surface area contributed by atoms with Gasteiger partial charge in [0.25, 0.3) is 0 Å². The third kappa shape index (κ3) is 11.7. The first kappa shape index (κ1) is 29.7. The van der Waals surface area contributed by atoms with Crippen LogP contribution in [0.3, 0.4) is 0 Å². The first-order chi connectivity index (χ1) is 18.5. The maximum absolute atomic E-state index is 6.05. The van der Waals surface area contributed by atoms with E-state index in [0.717, 1.165) is 11.1 Å². The van der Waals surface area contributed by atoms with Crippen molar-refractivity contribution in [2.24, 2.45) is 0 Å². The Morgan fingerprint density at radius 2 is 0.921 bits per heavy atom. The molecule has 0 unspecified atom stereocenters. The molecule has 0 aliphatic rings. The van der Waals surface area contributed by atoms with Crippen molar-refractivity contribution in [1.82, 2.24) is 0 Å². The zero-order valence-corrected chi connectivity index (χ0v) is 23.0. The molecule has 0 aliphatic carbocycles. The van der Waals surface area contributed by atoms with Gasteiger partial charge in [-0.05, 0) is 34.2 Å². The molecule has 206 valence electrons. The highest BCUT2D eigenvalue weighted by atomic mass is 16.6. The van der Waals surface area contributed by atoms with Crippen molar-refractivity contribution in [3.05, 3.63) is 95.6 Å². The van der Waals surface area contributed by atoms with Crippen molar-refractivity contribution < 1.29 is 28.4 Å². The Balaban J connectivity index is 1.32. The number of ether oxygens (including phenoxy) is 6. The summed E-state index contributed by atoms with van der Waals surface area (Å²) in [5.41, 5.74) is 3.50. The molecule has 0 saturated heterocycles. The Bertz CT molecular complexity index is 1020. The predicted molar refractivity (Wildman–Crippen MR) is 150 cm³/mol. The number of rotatable bonds is 18. The molecule has 0 N–H and O–H groups in total. The molecule has 0 amide bonds. The summed E-state index contributed by atoms with van der Waals surface area (Å²) in [5.74, 6) is 1.42. The van der Waals surface area contributed by atoms with E-state index < -0.39 is 0 Å². The average molecular weight is 523 g/mol. The van der Waals surface area contributed by atoms with Gasteiger partial charge < -0.3 is 28.4 Å². The van der Waals surface area contributed by atoms with Crippen LogP contribution in [-0.4, -0.2) is 52.9 Å². The molecule has 0 heterocycles. The fraction of sp³-hybridized carbons (Fsp3) is 0.438. The van der Waals surface area contributed by atoms with Gasteiger partial charge in [-0.1, -0.05) is 87.5 Å². The van der Waals surface area contributed by atoms with Crippen LogP contribution >= 0.6 is 0 Å². The summed E-state index contributed by atoms with van der Waals surface area (Å²) < 4.78 is 34.7. The zero-order valence-electron chi connectivity index (χ0n) is 23.0. The van der Waals surface area contributed by atoms with E-state index in [9.17, 15) is 0 Å². The van der Waals surface area contributed by atoms with Gasteiger partial charge >= 0.3 is 0 Å². The highest BCUT2D eigenvalue weighted by Crippen LogP contribution is 2.33. The number of benzene rings is 3. The minimum atomic E-state index is 0.00604. The Morgan fingerprint density at radius 3 is 1.42 bits per heavy atom. The second kappa shape index (κ2) is 16.8. The smallest absolute Gasteiger partial charge is 0.161 e. The van der Waals surface area contributed by atoms with Gasteiger partial charge in [0.2, 0.25) is 0 Å². The first-order valence-electron chi connectivity index (χ1n) is 13.3. The summed E-state index contributed by atoms with van der Waals surface area (Å²) in [6, 6.07) is 26.3. The molecule has 3 rings (SSSR count). The Morgan fingerprint density at radius 1 is 0.474 bits per heavy atom. The van der Waals surface area contributed by atoms with Gasteiger partial charge in [-0.2, -0.15) is 0 Å². The van der Waals surface area contributed by atoms with E-state index in [4.69, 9.17) is 28.4 Å². The van der Waals surface area contributed by atoms with Crippen molar-refractivity contribution in [3.63, 3.8) is 0 Å². The van der Waals surface area contributed by atoms with E-state index in [1.165, 1.54) is 5.56 Å². The van der Waals surface area contributed by atoms with Crippen molar-refractivity contribution in [3.8, 4) is 11.5 Å². The van der Waals surface area contributed by atoms with Crippen LogP contribution in [0.4, 0.5) is 0 Å². The van der Waals surface area contributed by atoms with Crippen LogP contribution in [0.1, 0.15) is 37.5 Å². The molecule has 0 aliphatic heterocycles. The van der Waals surface area contributed by atoms with Crippen LogP contribution in [0.15, 0.2) is 78.9 Å². The van der Waals surface area contributed by atoms with E-state index in [2.05, 4.69) is 32.9 Å². The van der Waals surface area contributed by atoms with Crippen LogP contribution in [0.5, 0.6) is 11.5 Å². The van der Waals surface area contributed by atoms with Crippen LogP contribution in [0, 0.1) is 0 Å². The lowest BCUT2D eigenvalue weighted by Gasteiger charge is -2.21. The van der Waals surface area contributed by atoms with Crippen LogP contribution < -0.4 is 9.47 Å². The second-order valence-electron chi connectivity index (χ2n) is 9.91. The molecule has 6 heteroatoms. The number of hydrogen-bond donors (Lipinski definition) is 0. The van der Waals surface area contributed by atoms with Crippen LogP contribution in [-0.2, 0) is 37.6 Å². The van der Waals surface area contributed by atoms with Crippen molar-refractivity contribution in [2.75, 3.05) is 52.9 Å². The quantitative estimate of drug-likeness (QED) is 0.185. The molecule has 0 atom stereocenters. The van der Waals surface area contributed by atoms with Gasteiger partial charge in [0, 0.05) is 0 Å². The van der Waals surface area contributed by atoms with Crippen molar-refractivity contribution in [2.45, 2.75) is 39.4 Å². The second-order valence-corrected chi connectivity index (χ2v) is 9.91. The average Bonchev–Trinajstić information content (AvgIpc) is 2.92. The van der Waals surface area contributed by atoms with Gasteiger partial charge in [0.1, 0.15) is 13.2 Å². The molecule has 0 saturated carbocycles. The molecular weight excluding hydrogens is 480 g/mol. The monoisotopic (exact) mass is 522 g/mol. The van der Waals surface area contributed by atoms with Crippen LogP contribution in [0.25, 0.3) is 0 Å². The van der Waals surface area contributed by atoms with Gasteiger partial charge in [0.15, 0.2) is 11.5 Å². The normalized spacial score (nSPS) is 11.4. The molecule has 3 aromatic carbocycles. The molecule has 38 heavy (non-hydrogen) atoms. The van der Waals surface area contributed by atoms with Gasteiger partial charge in [0.05, 0.1) is 52.9 Å². The first-order valence-corrected chi connectivity index (χ1v) is 13.3. The minimum absolute atomic E-state index is 0.00604. The van der Waals surface area contributed by atoms with Gasteiger partial charge in [-0.15, -0.1) is 0 Å². The third-order valence-electron chi connectivity index (χ3n) is 5.75. The Kier molecular flexibility index (Phi) is 13.1. The molecule has 0 fully saturated rings. The standard InChI is InChI=1S/C32H42O6/c1-32(2,3)29-14-15-30(37-22-20-33-16-18-35-25-27-10-6-4-7-11-27)31(24-29)38-23-21-34-17-19-36-26-28-12-8-5-9-13-28/h4-15,24H,16-23,25-26H2,1-3H3. The predicted octanol–water partition coefficient (Wildman–Crippen LogP) is 6.21. The summed E-state index contributed by atoms with van der Waals surface area (Å²) in [5, 5.41) is 0. The topological polar surface area (TPSA) is 55.4 Å². The lowest BCUT2D eigenvalue weighted by molar-refractivity contribution is 0.0274. The number of hydrogen-bond acceptors (Lipinski definition) is 6. The zero-order chi connectivity index (χ0) is 26.9. The van der Waals surface area contributed by atoms with Crippen molar-refractivity contribution >= 4 is 0 Å². The van der Waals surface area contributed by atoms with E-state index in [-0.39, 0.29) is 5.41 Å². The summed E-state index contributed by atoms with van der Waals surface area (Å²) in [6.45, 7) is 11.6. The maximum atomic E-state index is 6.05. The summed E-state index contributed by atoms with van der Waals surface area (Å²) in [7, 11) is 0. The lowest BCUT2D eigenvalue weighted by atomic mass is 9.87. The van der Waals surface area contributed by atoms with Gasteiger partial charge in [-0.3, -0.25) is 0 Å². The van der Waals surface area contributed by atoms with E-state index in [0.29, 0.717) is 77.6 Å². The molecule has 0 spiro atoms. The van der Waals surface area contributed by atoms with E-state index in [1.807, 2.05) is 66.7 Å². The fourth-order valence-corrected chi connectivity index (χ4v) is 3.60. The Hall–Kier alpha value is -2.90. The highest BCUT2D eigenvalue weighted by Gasteiger charge is 2.17. The minimum Gasteiger partial charge on any atom is -0.487 e. The summed E-state index contributed by atoms with van der Waals surface area (Å²) >= 11 is 0. The molecular formula is C32H42O6. The SMILES string of the molecule is CC(C)(C)c1ccc(OCCOCCOCc2ccccc2)c(OCCOCCOCc2ccccc2)c1. The molecule has 3 aromatic rings. The highest BCUT2D eigenvalue weighted by molar-refractivity contribution is 5.44. The fourth-order valence-electron chi connectivity index (χ4n) is 3.60.